The first-order valence-corrected chi connectivity index (χ1v) is 11.4. The van der Waals surface area contributed by atoms with Crippen LogP contribution in [0, 0.1) is 0 Å². The number of urea groups is 1. The van der Waals surface area contributed by atoms with Crippen molar-refractivity contribution in [1.82, 2.24) is 4.90 Å². The van der Waals surface area contributed by atoms with Crippen LogP contribution in [0.15, 0.2) is 72.8 Å². The number of rotatable bonds is 7. The number of para-hydroxylation sites is 1. The van der Waals surface area contributed by atoms with Gasteiger partial charge in [0.2, 0.25) is 0 Å². The summed E-state index contributed by atoms with van der Waals surface area (Å²) in [6, 6.07) is 23.1. The average Bonchev–Trinajstić information content (AvgIpc) is 3.33. The zero-order chi connectivity index (χ0) is 22.3. The Morgan fingerprint density at radius 1 is 1.00 bits per heavy atom. The van der Waals surface area contributed by atoms with Gasteiger partial charge in [0.25, 0.3) is 0 Å². The molecule has 0 radical (unpaired) electrons. The highest BCUT2D eigenvalue weighted by Gasteiger charge is 2.32. The number of amides is 2. The summed E-state index contributed by atoms with van der Waals surface area (Å²) in [6.45, 7) is 1.13. The molecule has 3 aromatic carbocycles. The molecule has 0 aliphatic carbocycles. The Balaban J connectivity index is 1.51. The molecule has 4 rings (SSSR count). The molecule has 3 aromatic rings. The molecule has 0 saturated carbocycles. The maximum Gasteiger partial charge on any atom is 0.323 e. The largest absolute Gasteiger partial charge is 0.497 e. The second-order valence-corrected chi connectivity index (χ2v) is 8.45. The van der Waals surface area contributed by atoms with Gasteiger partial charge in [0.05, 0.1) is 14.2 Å². The lowest BCUT2D eigenvalue weighted by Crippen LogP contribution is -2.34. The number of methoxy groups -OCH3 is 2. The summed E-state index contributed by atoms with van der Waals surface area (Å²) < 4.78 is 16.8. The lowest BCUT2D eigenvalue weighted by atomic mass is 10.1. The summed E-state index contributed by atoms with van der Waals surface area (Å²) in [7, 11) is 3.17. The molecule has 1 atom stereocenters. The van der Waals surface area contributed by atoms with Crippen molar-refractivity contribution < 1.29 is 19.0 Å². The van der Waals surface area contributed by atoms with E-state index >= 15 is 0 Å². The van der Waals surface area contributed by atoms with Crippen LogP contribution in [-0.4, -0.2) is 37.4 Å². The maximum atomic E-state index is 13.2. The molecule has 6 nitrogen and oxygen atoms in total. The number of carbonyl (C=O) groups is 1. The molecule has 166 valence electrons. The number of nitrogens with one attached hydrogen (secondary N) is 1. The molecule has 1 aliphatic heterocycles. The van der Waals surface area contributed by atoms with E-state index in [1.165, 1.54) is 0 Å². The molecule has 0 bridgehead atoms. The third kappa shape index (κ3) is 5.11. The van der Waals surface area contributed by atoms with E-state index in [0.29, 0.717) is 30.3 Å². The zero-order valence-electron chi connectivity index (χ0n) is 18.1. The fourth-order valence-electron chi connectivity index (χ4n) is 3.56. The summed E-state index contributed by atoms with van der Waals surface area (Å²) in [6.07, 6.45) is 0. The van der Waals surface area contributed by atoms with Crippen LogP contribution < -0.4 is 19.5 Å². The smallest absolute Gasteiger partial charge is 0.323 e. The third-order valence-electron chi connectivity index (χ3n) is 5.18. The number of carbonyl (C=O) groups excluding carboxylic acids is 1. The van der Waals surface area contributed by atoms with E-state index in [4.69, 9.17) is 14.2 Å². The molecule has 1 heterocycles. The third-order valence-corrected chi connectivity index (χ3v) is 6.42. The van der Waals surface area contributed by atoms with Crippen LogP contribution >= 0.6 is 11.8 Å². The topological polar surface area (TPSA) is 60.0 Å². The lowest BCUT2D eigenvalue weighted by Gasteiger charge is -2.26. The van der Waals surface area contributed by atoms with Crippen LogP contribution in [0.5, 0.6) is 17.2 Å². The summed E-state index contributed by atoms with van der Waals surface area (Å²) >= 11 is 1.73. The summed E-state index contributed by atoms with van der Waals surface area (Å²) in [5, 5.41) is 2.85. The Hall–Kier alpha value is -3.32. The van der Waals surface area contributed by atoms with Crippen molar-refractivity contribution in [3.05, 3.63) is 83.9 Å². The van der Waals surface area contributed by atoms with Crippen LogP contribution in [-0.2, 0) is 6.61 Å². The van der Waals surface area contributed by atoms with E-state index < -0.39 is 0 Å². The minimum Gasteiger partial charge on any atom is -0.497 e. The highest BCUT2D eigenvalue weighted by atomic mass is 32.2. The van der Waals surface area contributed by atoms with Gasteiger partial charge in [0, 0.05) is 41.7 Å². The molecule has 0 aromatic heterocycles. The van der Waals surface area contributed by atoms with Crippen molar-refractivity contribution >= 4 is 23.5 Å². The highest BCUT2D eigenvalue weighted by Crippen LogP contribution is 2.42. The minimum atomic E-state index is -0.173. The SMILES string of the molecule is COc1cc(NC(=O)N2CCSC2c2ccccc2OCc2ccccc2)cc(OC)c1. The van der Waals surface area contributed by atoms with Gasteiger partial charge in [-0.3, -0.25) is 0 Å². The van der Waals surface area contributed by atoms with Gasteiger partial charge < -0.3 is 24.4 Å². The fourth-order valence-corrected chi connectivity index (χ4v) is 4.84. The van der Waals surface area contributed by atoms with Crippen molar-refractivity contribution in [2.45, 2.75) is 12.0 Å². The van der Waals surface area contributed by atoms with Gasteiger partial charge in [0.15, 0.2) is 0 Å². The molecule has 7 heteroatoms. The normalized spacial score (nSPS) is 15.3. The van der Waals surface area contributed by atoms with Crippen molar-refractivity contribution in [2.24, 2.45) is 0 Å². The molecule has 1 saturated heterocycles. The molecule has 32 heavy (non-hydrogen) atoms. The molecule has 2 amide bonds. The van der Waals surface area contributed by atoms with Gasteiger partial charge in [-0.2, -0.15) is 0 Å². The van der Waals surface area contributed by atoms with Crippen LogP contribution in [0.1, 0.15) is 16.5 Å². The molecule has 1 fully saturated rings. The van der Waals surface area contributed by atoms with Crippen molar-refractivity contribution in [1.29, 1.82) is 0 Å². The van der Waals surface area contributed by atoms with Crippen LogP contribution in [0.4, 0.5) is 10.5 Å². The van der Waals surface area contributed by atoms with Gasteiger partial charge in [-0.25, -0.2) is 4.79 Å². The van der Waals surface area contributed by atoms with Crippen LogP contribution in [0.25, 0.3) is 0 Å². The predicted molar refractivity (Wildman–Crippen MR) is 128 cm³/mol. The van der Waals surface area contributed by atoms with Gasteiger partial charge in [-0.1, -0.05) is 48.5 Å². The number of thioether (sulfide) groups is 1. The Morgan fingerprint density at radius 3 is 2.41 bits per heavy atom. The predicted octanol–water partition coefficient (Wildman–Crippen LogP) is 5.56. The second kappa shape index (κ2) is 10.3. The number of hydrogen-bond donors (Lipinski definition) is 1. The summed E-state index contributed by atoms with van der Waals surface area (Å²) in [5.74, 6) is 2.88. The molecule has 0 spiro atoms. The van der Waals surface area contributed by atoms with E-state index in [1.54, 1.807) is 44.2 Å². The number of hydrogen-bond acceptors (Lipinski definition) is 5. The van der Waals surface area contributed by atoms with Crippen molar-refractivity contribution in [2.75, 3.05) is 31.8 Å². The first kappa shape index (κ1) is 21.9. The quantitative estimate of drug-likeness (QED) is 0.511. The molecule has 1 unspecified atom stereocenters. The lowest BCUT2D eigenvalue weighted by molar-refractivity contribution is 0.213. The fraction of sp³-hybridized carbons (Fsp3) is 0.240. The number of nitrogens with zero attached hydrogens (tertiary/aromatic N) is 1. The Kier molecular flexibility index (Phi) is 7.07. The molecule has 1 N–H and O–H groups in total. The van der Waals surface area contributed by atoms with Gasteiger partial charge in [0.1, 0.15) is 29.2 Å². The number of anilines is 1. The number of benzene rings is 3. The van der Waals surface area contributed by atoms with E-state index in [2.05, 4.69) is 5.32 Å². The zero-order valence-corrected chi connectivity index (χ0v) is 18.9. The summed E-state index contributed by atoms with van der Waals surface area (Å²) in [5.41, 5.74) is 2.71. The minimum absolute atomic E-state index is 0.130. The molecular formula is C25H26N2O4S. The number of ether oxygens (including phenoxy) is 3. The van der Waals surface area contributed by atoms with Gasteiger partial charge in [-0.15, -0.1) is 11.8 Å². The van der Waals surface area contributed by atoms with Crippen LogP contribution in [0.3, 0.4) is 0 Å². The van der Waals surface area contributed by atoms with E-state index in [0.717, 1.165) is 22.6 Å². The average molecular weight is 451 g/mol. The summed E-state index contributed by atoms with van der Waals surface area (Å²) in [4.78, 5) is 15.0. The molecule has 1 aliphatic rings. The monoisotopic (exact) mass is 450 g/mol. The second-order valence-electron chi connectivity index (χ2n) is 7.26. The standard InChI is InChI=1S/C25H26N2O4S/c1-29-20-14-19(15-21(16-20)30-2)26-25(28)27-12-13-32-24(27)22-10-6-7-11-23(22)31-17-18-8-4-3-5-9-18/h3-11,14-16,24H,12-13,17H2,1-2H3,(H,26,28). The van der Waals surface area contributed by atoms with Crippen LogP contribution in [0.2, 0.25) is 0 Å². The van der Waals surface area contributed by atoms with Crippen molar-refractivity contribution in [3.8, 4) is 17.2 Å². The van der Waals surface area contributed by atoms with E-state index in [-0.39, 0.29) is 11.4 Å². The van der Waals surface area contributed by atoms with E-state index in [9.17, 15) is 4.79 Å². The Labute approximate surface area is 192 Å². The van der Waals surface area contributed by atoms with E-state index in [1.807, 2.05) is 59.5 Å². The van der Waals surface area contributed by atoms with Crippen molar-refractivity contribution in [3.63, 3.8) is 0 Å². The Bertz CT molecular complexity index is 1040. The highest BCUT2D eigenvalue weighted by molar-refractivity contribution is 7.99. The maximum absolute atomic E-state index is 13.2. The molecular weight excluding hydrogens is 424 g/mol. The Morgan fingerprint density at radius 2 is 1.69 bits per heavy atom. The van der Waals surface area contributed by atoms with Gasteiger partial charge >= 0.3 is 6.03 Å². The first-order valence-electron chi connectivity index (χ1n) is 10.4. The first-order chi connectivity index (χ1) is 15.7. The van der Waals surface area contributed by atoms with Gasteiger partial charge in [-0.05, 0) is 11.6 Å².